The molecule has 1 saturated heterocycles. The van der Waals surface area contributed by atoms with E-state index in [1.807, 2.05) is 20.8 Å². The van der Waals surface area contributed by atoms with Gasteiger partial charge in [0.25, 0.3) is 0 Å². The summed E-state index contributed by atoms with van der Waals surface area (Å²) >= 11 is 0. The highest BCUT2D eigenvalue weighted by atomic mass is 19.4. The van der Waals surface area contributed by atoms with Crippen LogP contribution in [0.3, 0.4) is 0 Å². The van der Waals surface area contributed by atoms with Crippen molar-refractivity contribution in [2.24, 2.45) is 11.1 Å². The lowest BCUT2D eigenvalue weighted by Gasteiger charge is -2.40. The summed E-state index contributed by atoms with van der Waals surface area (Å²) in [5, 5.41) is 0. The van der Waals surface area contributed by atoms with Crippen LogP contribution in [-0.4, -0.2) is 60.1 Å². The van der Waals surface area contributed by atoms with Crippen molar-refractivity contribution in [1.29, 1.82) is 0 Å². The largest absolute Gasteiger partial charge is 0.403 e. The second-order valence-electron chi connectivity index (χ2n) is 6.42. The number of carbonyl (C=O) groups is 1. The molecule has 118 valence electrons. The fraction of sp³-hybridized carbons (Fsp3) is 0.923. The topological polar surface area (TPSA) is 49.6 Å². The Kier molecular flexibility index (Phi) is 5.08. The van der Waals surface area contributed by atoms with Crippen LogP contribution >= 0.6 is 0 Å². The molecule has 1 aliphatic heterocycles. The van der Waals surface area contributed by atoms with E-state index in [9.17, 15) is 18.0 Å². The Balaban J connectivity index is 2.57. The molecule has 0 saturated carbocycles. The van der Waals surface area contributed by atoms with Gasteiger partial charge >= 0.3 is 6.18 Å². The number of piperazine rings is 1. The third-order valence-corrected chi connectivity index (χ3v) is 3.85. The fourth-order valence-electron chi connectivity index (χ4n) is 2.10. The van der Waals surface area contributed by atoms with Crippen LogP contribution in [0.4, 0.5) is 13.2 Å². The zero-order valence-corrected chi connectivity index (χ0v) is 12.5. The van der Waals surface area contributed by atoms with E-state index in [1.54, 1.807) is 4.90 Å². The maximum Gasteiger partial charge on any atom is 0.403 e. The number of halogens is 3. The van der Waals surface area contributed by atoms with Crippen LogP contribution in [0.1, 0.15) is 27.7 Å². The highest BCUT2D eigenvalue weighted by molar-refractivity contribution is 5.82. The third-order valence-electron chi connectivity index (χ3n) is 3.85. The Labute approximate surface area is 118 Å². The predicted molar refractivity (Wildman–Crippen MR) is 71.1 cm³/mol. The van der Waals surface area contributed by atoms with E-state index in [2.05, 4.69) is 0 Å². The second kappa shape index (κ2) is 5.89. The van der Waals surface area contributed by atoms with Crippen LogP contribution < -0.4 is 5.73 Å². The van der Waals surface area contributed by atoms with Crippen molar-refractivity contribution < 1.29 is 18.0 Å². The van der Waals surface area contributed by atoms with Crippen molar-refractivity contribution in [2.45, 2.75) is 46.0 Å². The van der Waals surface area contributed by atoms with E-state index in [0.29, 0.717) is 13.1 Å². The Morgan fingerprint density at radius 2 is 1.55 bits per heavy atom. The van der Waals surface area contributed by atoms with E-state index in [-0.39, 0.29) is 24.4 Å². The molecule has 2 atom stereocenters. The monoisotopic (exact) mass is 295 g/mol. The van der Waals surface area contributed by atoms with Crippen LogP contribution in [0.25, 0.3) is 0 Å². The number of hydrogen-bond acceptors (Lipinski definition) is 3. The molecular formula is C13H24F3N3O. The van der Waals surface area contributed by atoms with E-state index >= 15 is 0 Å². The van der Waals surface area contributed by atoms with Crippen molar-refractivity contribution in [3.8, 4) is 0 Å². The van der Waals surface area contributed by atoms with Gasteiger partial charge in [-0.15, -0.1) is 0 Å². The molecule has 0 bridgehead atoms. The van der Waals surface area contributed by atoms with Crippen molar-refractivity contribution in [3.05, 3.63) is 0 Å². The second-order valence-corrected chi connectivity index (χ2v) is 6.42. The number of alkyl halides is 3. The average Bonchev–Trinajstić information content (AvgIpc) is 2.34. The first-order chi connectivity index (χ1) is 8.94. The molecule has 1 heterocycles. The summed E-state index contributed by atoms with van der Waals surface area (Å²) < 4.78 is 37.9. The molecule has 1 aliphatic rings. The number of nitrogens with two attached hydrogens (primary N) is 1. The molecule has 1 fully saturated rings. The van der Waals surface area contributed by atoms with Gasteiger partial charge in [-0.3, -0.25) is 9.69 Å². The number of rotatable bonds is 2. The van der Waals surface area contributed by atoms with Crippen molar-refractivity contribution in [2.75, 3.05) is 26.2 Å². The molecule has 0 aromatic rings. The standard InChI is InChI=1S/C13H24F3N3O/c1-9(13(14,15)16)18-5-7-19(8-6-18)11(20)10(17)12(2,3)4/h9-10H,5-8,17H2,1-4H3/t9?,10-/m1/s1. The quantitative estimate of drug-likeness (QED) is 0.839. The minimum atomic E-state index is -4.23. The molecule has 0 spiro atoms. The molecule has 7 heteroatoms. The Morgan fingerprint density at radius 1 is 1.10 bits per heavy atom. The lowest BCUT2D eigenvalue weighted by atomic mass is 9.86. The molecule has 1 unspecified atom stereocenters. The maximum absolute atomic E-state index is 12.6. The first-order valence-electron chi connectivity index (χ1n) is 6.79. The number of carbonyl (C=O) groups excluding carboxylic acids is 1. The highest BCUT2D eigenvalue weighted by Gasteiger charge is 2.41. The Hall–Kier alpha value is -0.820. The van der Waals surface area contributed by atoms with Gasteiger partial charge in [0.2, 0.25) is 5.91 Å². The minimum absolute atomic E-state index is 0.184. The van der Waals surface area contributed by atoms with Gasteiger partial charge in [-0.2, -0.15) is 13.2 Å². The normalized spacial score (nSPS) is 21.7. The molecular weight excluding hydrogens is 271 g/mol. The fourth-order valence-corrected chi connectivity index (χ4v) is 2.10. The van der Waals surface area contributed by atoms with Gasteiger partial charge in [-0.05, 0) is 12.3 Å². The van der Waals surface area contributed by atoms with Crippen LogP contribution in [0.15, 0.2) is 0 Å². The lowest BCUT2D eigenvalue weighted by Crippen LogP contribution is -2.58. The summed E-state index contributed by atoms with van der Waals surface area (Å²) in [5.41, 5.74) is 5.55. The summed E-state index contributed by atoms with van der Waals surface area (Å²) in [5.74, 6) is -0.184. The molecule has 20 heavy (non-hydrogen) atoms. The zero-order chi connectivity index (χ0) is 15.7. The lowest BCUT2D eigenvalue weighted by molar-refractivity contribution is -0.183. The zero-order valence-electron chi connectivity index (χ0n) is 12.5. The Morgan fingerprint density at radius 3 is 1.90 bits per heavy atom. The molecule has 0 aromatic carbocycles. The predicted octanol–water partition coefficient (Wildman–Crippen LogP) is 1.45. The number of nitrogens with zero attached hydrogens (tertiary/aromatic N) is 2. The minimum Gasteiger partial charge on any atom is -0.339 e. The smallest absolute Gasteiger partial charge is 0.339 e. The molecule has 1 amide bonds. The summed E-state index contributed by atoms with van der Waals surface area (Å²) in [4.78, 5) is 15.1. The molecule has 4 nitrogen and oxygen atoms in total. The first kappa shape index (κ1) is 17.2. The third kappa shape index (κ3) is 4.09. The van der Waals surface area contributed by atoms with Gasteiger partial charge in [-0.1, -0.05) is 20.8 Å². The molecule has 0 aromatic heterocycles. The molecule has 0 radical (unpaired) electrons. The van der Waals surface area contributed by atoms with Gasteiger partial charge in [0, 0.05) is 26.2 Å². The Bertz CT molecular complexity index is 344. The summed E-state index contributed by atoms with van der Waals surface area (Å²) in [7, 11) is 0. The SMILES string of the molecule is CC(N1CCN(C(=O)[C@@H](N)C(C)(C)C)CC1)C(F)(F)F. The van der Waals surface area contributed by atoms with Gasteiger partial charge in [-0.25, -0.2) is 0 Å². The van der Waals surface area contributed by atoms with Crippen LogP contribution in [0, 0.1) is 5.41 Å². The van der Waals surface area contributed by atoms with Crippen LogP contribution in [0.2, 0.25) is 0 Å². The first-order valence-corrected chi connectivity index (χ1v) is 6.79. The van der Waals surface area contributed by atoms with E-state index in [0.717, 1.165) is 6.92 Å². The van der Waals surface area contributed by atoms with E-state index in [4.69, 9.17) is 5.73 Å². The highest BCUT2D eigenvalue weighted by Crippen LogP contribution is 2.26. The summed E-state index contributed by atoms with van der Waals surface area (Å²) in [6, 6.07) is -2.11. The molecule has 2 N–H and O–H groups in total. The molecule has 1 rings (SSSR count). The van der Waals surface area contributed by atoms with Gasteiger partial charge in [0.05, 0.1) is 6.04 Å². The van der Waals surface area contributed by atoms with E-state index in [1.165, 1.54) is 4.90 Å². The van der Waals surface area contributed by atoms with Crippen molar-refractivity contribution >= 4 is 5.91 Å². The number of amides is 1. The van der Waals surface area contributed by atoms with Crippen LogP contribution in [-0.2, 0) is 4.79 Å². The van der Waals surface area contributed by atoms with Gasteiger partial charge in [0.1, 0.15) is 6.04 Å². The summed E-state index contributed by atoms with van der Waals surface area (Å²) in [6.07, 6.45) is -4.23. The molecule has 0 aliphatic carbocycles. The van der Waals surface area contributed by atoms with Crippen molar-refractivity contribution in [3.63, 3.8) is 0 Å². The average molecular weight is 295 g/mol. The number of hydrogen-bond donors (Lipinski definition) is 1. The summed E-state index contributed by atoms with van der Waals surface area (Å²) in [6.45, 7) is 7.81. The maximum atomic E-state index is 12.6. The van der Waals surface area contributed by atoms with Gasteiger partial charge in [0.15, 0.2) is 0 Å². The van der Waals surface area contributed by atoms with Crippen LogP contribution in [0.5, 0.6) is 0 Å². The van der Waals surface area contributed by atoms with E-state index < -0.39 is 18.3 Å². The van der Waals surface area contributed by atoms with Gasteiger partial charge < -0.3 is 10.6 Å². The van der Waals surface area contributed by atoms with Crippen molar-refractivity contribution in [1.82, 2.24) is 9.80 Å².